The lowest BCUT2D eigenvalue weighted by Crippen LogP contribution is -2.11. The molecule has 3 rings (SSSR count). The fourth-order valence-corrected chi connectivity index (χ4v) is 2.77. The Kier molecular flexibility index (Phi) is 4.98. The molecule has 25 heavy (non-hydrogen) atoms. The van der Waals surface area contributed by atoms with Crippen LogP contribution < -0.4 is 10.4 Å². The third-order valence-electron chi connectivity index (χ3n) is 4.11. The van der Waals surface area contributed by atoms with E-state index in [0.717, 1.165) is 23.8 Å². The summed E-state index contributed by atoms with van der Waals surface area (Å²) in [6.45, 7) is 3.92. The molecule has 0 aliphatic carbocycles. The monoisotopic (exact) mass is 336 g/mol. The predicted molar refractivity (Wildman–Crippen MR) is 97.5 cm³/mol. The van der Waals surface area contributed by atoms with Gasteiger partial charge in [0.05, 0.1) is 0 Å². The maximum Gasteiger partial charge on any atom is 0.336 e. The van der Waals surface area contributed by atoms with Gasteiger partial charge in [0, 0.05) is 23.1 Å². The molecule has 0 fully saturated rings. The number of fused-ring (bicyclic) bond motifs is 1. The molecular weight excluding hydrogens is 316 g/mol. The molecule has 0 radical (unpaired) electrons. The summed E-state index contributed by atoms with van der Waals surface area (Å²) in [7, 11) is 0. The minimum atomic E-state index is -0.398. The SMILES string of the molecule is CCCc1ccc(C(=O)COc2ccc3c(C)cc(=O)oc3c2)cc1. The maximum absolute atomic E-state index is 12.3. The molecule has 128 valence electrons. The van der Waals surface area contributed by atoms with Gasteiger partial charge in [0.15, 0.2) is 12.4 Å². The Labute approximate surface area is 146 Å². The Hall–Kier alpha value is -2.88. The Balaban J connectivity index is 1.71. The van der Waals surface area contributed by atoms with Crippen molar-refractivity contribution < 1.29 is 13.9 Å². The highest BCUT2D eigenvalue weighted by Crippen LogP contribution is 2.22. The zero-order valence-corrected chi connectivity index (χ0v) is 14.4. The van der Waals surface area contributed by atoms with Crippen LogP contribution in [0.15, 0.2) is 57.7 Å². The van der Waals surface area contributed by atoms with E-state index >= 15 is 0 Å². The fourth-order valence-electron chi connectivity index (χ4n) is 2.77. The Bertz CT molecular complexity index is 952. The summed E-state index contributed by atoms with van der Waals surface area (Å²) < 4.78 is 10.8. The molecule has 0 N–H and O–H groups in total. The molecule has 0 unspecified atom stereocenters. The molecule has 0 saturated carbocycles. The average Bonchev–Trinajstić information content (AvgIpc) is 2.60. The number of Topliss-reactive ketones (excluding diaryl/α,β-unsaturated/α-hetero) is 1. The summed E-state index contributed by atoms with van der Waals surface area (Å²) in [6, 6.07) is 14.3. The van der Waals surface area contributed by atoms with Gasteiger partial charge >= 0.3 is 5.63 Å². The molecule has 0 aliphatic heterocycles. The summed E-state index contributed by atoms with van der Waals surface area (Å²) in [4.78, 5) is 23.7. The third kappa shape index (κ3) is 3.97. The van der Waals surface area contributed by atoms with Gasteiger partial charge in [-0.25, -0.2) is 4.79 Å². The summed E-state index contributed by atoms with van der Waals surface area (Å²) >= 11 is 0. The molecule has 0 aliphatic rings. The standard InChI is InChI=1S/C21H20O4/c1-3-4-15-5-7-16(8-6-15)19(22)13-24-17-9-10-18-14(2)11-21(23)25-20(18)12-17/h5-12H,3-4,13H2,1-2H3. The first kappa shape index (κ1) is 17.0. The number of carbonyl (C=O) groups is 1. The Morgan fingerprint density at radius 1 is 1.08 bits per heavy atom. The zero-order valence-electron chi connectivity index (χ0n) is 14.4. The molecule has 1 aromatic heterocycles. The van der Waals surface area contributed by atoms with Gasteiger partial charge in [-0.05, 0) is 36.6 Å². The van der Waals surface area contributed by atoms with Gasteiger partial charge in [-0.3, -0.25) is 4.79 Å². The van der Waals surface area contributed by atoms with Gasteiger partial charge in [-0.1, -0.05) is 37.6 Å². The van der Waals surface area contributed by atoms with E-state index in [0.29, 0.717) is 16.9 Å². The van der Waals surface area contributed by atoms with Gasteiger partial charge in [-0.2, -0.15) is 0 Å². The lowest BCUT2D eigenvalue weighted by molar-refractivity contribution is 0.0921. The number of aryl methyl sites for hydroxylation is 2. The Morgan fingerprint density at radius 3 is 2.56 bits per heavy atom. The van der Waals surface area contributed by atoms with Crippen molar-refractivity contribution in [2.45, 2.75) is 26.7 Å². The summed E-state index contributed by atoms with van der Waals surface area (Å²) in [5.74, 6) is 0.408. The van der Waals surface area contributed by atoms with Crippen molar-refractivity contribution in [3.8, 4) is 5.75 Å². The molecule has 0 saturated heterocycles. The molecule has 0 spiro atoms. The molecular formula is C21H20O4. The number of carbonyl (C=O) groups excluding carboxylic acids is 1. The summed E-state index contributed by atoms with van der Waals surface area (Å²) in [5.41, 5.74) is 2.76. The topological polar surface area (TPSA) is 56.5 Å². The van der Waals surface area contributed by atoms with Gasteiger partial charge in [0.25, 0.3) is 0 Å². The van der Waals surface area contributed by atoms with Crippen LogP contribution >= 0.6 is 0 Å². The van der Waals surface area contributed by atoms with Crippen molar-refractivity contribution >= 4 is 16.8 Å². The van der Waals surface area contributed by atoms with E-state index in [9.17, 15) is 9.59 Å². The third-order valence-corrected chi connectivity index (χ3v) is 4.11. The van der Waals surface area contributed by atoms with Crippen LogP contribution in [-0.4, -0.2) is 12.4 Å². The second kappa shape index (κ2) is 7.34. The second-order valence-corrected chi connectivity index (χ2v) is 6.07. The first-order valence-electron chi connectivity index (χ1n) is 8.36. The van der Waals surface area contributed by atoms with E-state index in [1.165, 1.54) is 11.6 Å². The van der Waals surface area contributed by atoms with Gasteiger partial charge in [0.1, 0.15) is 11.3 Å². The van der Waals surface area contributed by atoms with Gasteiger partial charge in [-0.15, -0.1) is 0 Å². The van der Waals surface area contributed by atoms with E-state index in [4.69, 9.17) is 9.15 Å². The second-order valence-electron chi connectivity index (χ2n) is 6.07. The van der Waals surface area contributed by atoms with E-state index in [-0.39, 0.29) is 12.4 Å². The van der Waals surface area contributed by atoms with Crippen LogP contribution in [-0.2, 0) is 6.42 Å². The van der Waals surface area contributed by atoms with E-state index < -0.39 is 5.63 Å². The van der Waals surface area contributed by atoms with Gasteiger partial charge in [0.2, 0.25) is 0 Å². The quantitative estimate of drug-likeness (QED) is 0.497. The highest BCUT2D eigenvalue weighted by Gasteiger charge is 2.09. The van der Waals surface area contributed by atoms with Crippen molar-refractivity contribution in [1.82, 2.24) is 0 Å². The first-order valence-corrected chi connectivity index (χ1v) is 8.36. The molecule has 4 heteroatoms. The number of ketones is 1. The Morgan fingerprint density at radius 2 is 1.84 bits per heavy atom. The molecule has 4 nitrogen and oxygen atoms in total. The highest BCUT2D eigenvalue weighted by molar-refractivity contribution is 5.97. The summed E-state index contributed by atoms with van der Waals surface area (Å²) in [6.07, 6.45) is 2.08. The van der Waals surface area contributed by atoms with E-state index in [1.807, 2.05) is 37.3 Å². The van der Waals surface area contributed by atoms with E-state index in [1.54, 1.807) is 12.1 Å². The minimum Gasteiger partial charge on any atom is -0.485 e. The number of ether oxygens (including phenoxy) is 1. The normalized spacial score (nSPS) is 10.8. The molecule has 0 amide bonds. The van der Waals surface area contributed by atoms with Crippen molar-refractivity contribution in [3.63, 3.8) is 0 Å². The lowest BCUT2D eigenvalue weighted by atomic mass is 10.1. The van der Waals surface area contributed by atoms with Crippen LogP contribution in [0.1, 0.15) is 34.8 Å². The highest BCUT2D eigenvalue weighted by atomic mass is 16.5. The van der Waals surface area contributed by atoms with Crippen LogP contribution in [0.3, 0.4) is 0 Å². The van der Waals surface area contributed by atoms with Crippen LogP contribution in [0.5, 0.6) is 5.75 Å². The molecule has 0 atom stereocenters. The van der Waals surface area contributed by atoms with Crippen LogP contribution in [0.4, 0.5) is 0 Å². The minimum absolute atomic E-state index is 0.0608. The van der Waals surface area contributed by atoms with Gasteiger partial charge < -0.3 is 9.15 Å². The van der Waals surface area contributed by atoms with E-state index in [2.05, 4.69) is 6.92 Å². The molecule has 2 aromatic carbocycles. The van der Waals surface area contributed by atoms with Crippen LogP contribution in [0.25, 0.3) is 11.0 Å². The maximum atomic E-state index is 12.3. The van der Waals surface area contributed by atoms with Crippen molar-refractivity contribution in [2.75, 3.05) is 6.61 Å². The number of hydrogen-bond acceptors (Lipinski definition) is 4. The average molecular weight is 336 g/mol. The number of hydrogen-bond donors (Lipinski definition) is 0. The smallest absolute Gasteiger partial charge is 0.336 e. The summed E-state index contributed by atoms with van der Waals surface area (Å²) in [5, 5.41) is 0.852. The number of benzene rings is 2. The molecule has 0 bridgehead atoms. The lowest BCUT2D eigenvalue weighted by Gasteiger charge is -2.08. The van der Waals surface area contributed by atoms with Crippen LogP contribution in [0.2, 0.25) is 0 Å². The fraction of sp³-hybridized carbons (Fsp3) is 0.238. The predicted octanol–water partition coefficient (Wildman–Crippen LogP) is 4.32. The largest absolute Gasteiger partial charge is 0.485 e. The number of rotatable bonds is 6. The van der Waals surface area contributed by atoms with Crippen molar-refractivity contribution in [3.05, 3.63) is 75.6 Å². The van der Waals surface area contributed by atoms with Crippen molar-refractivity contribution in [1.29, 1.82) is 0 Å². The van der Waals surface area contributed by atoms with Crippen LogP contribution in [0, 0.1) is 6.92 Å². The molecule has 3 aromatic rings. The zero-order chi connectivity index (χ0) is 17.8. The first-order chi connectivity index (χ1) is 12.1. The van der Waals surface area contributed by atoms with Crippen molar-refractivity contribution in [2.24, 2.45) is 0 Å². The molecule has 1 heterocycles.